The number of rotatable bonds is 7. The van der Waals surface area contributed by atoms with Gasteiger partial charge in [0.1, 0.15) is 5.56 Å². The summed E-state index contributed by atoms with van der Waals surface area (Å²) in [4.78, 5) is 28.7. The quantitative estimate of drug-likeness (QED) is 0.775. The SMILES string of the molecule is COCCN(Cc1cccs1)C(=O)c1c(C)ccn(C2CC2)c1=O. The molecule has 2 aromatic heterocycles. The highest BCUT2D eigenvalue weighted by molar-refractivity contribution is 7.09. The summed E-state index contributed by atoms with van der Waals surface area (Å²) in [5, 5.41) is 1.99. The van der Waals surface area contributed by atoms with Gasteiger partial charge < -0.3 is 14.2 Å². The van der Waals surface area contributed by atoms with Crippen molar-refractivity contribution < 1.29 is 9.53 Å². The minimum absolute atomic E-state index is 0.170. The third kappa shape index (κ3) is 3.60. The highest BCUT2D eigenvalue weighted by Crippen LogP contribution is 2.33. The van der Waals surface area contributed by atoms with Gasteiger partial charge in [-0.3, -0.25) is 9.59 Å². The van der Waals surface area contributed by atoms with E-state index in [9.17, 15) is 9.59 Å². The molecule has 128 valence electrons. The maximum Gasteiger partial charge on any atom is 0.263 e. The molecule has 0 radical (unpaired) electrons. The number of aromatic nitrogens is 1. The van der Waals surface area contributed by atoms with E-state index in [0.29, 0.717) is 19.7 Å². The second kappa shape index (κ2) is 7.32. The molecule has 1 aliphatic carbocycles. The molecule has 0 aliphatic heterocycles. The second-order valence-corrected chi connectivity index (χ2v) is 7.15. The van der Waals surface area contributed by atoms with Crippen LogP contribution in [-0.2, 0) is 11.3 Å². The minimum atomic E-state index is -0.210. The Kier molecular flexibility index (Phi) is 5.16. The third-order valence-corrected chi connectivity index (χ3v) is 5.12. The maximum absolute atomic E-state index is 13.1. The van der Waals surface area contributed by atoms with Crippen LogP contribution in [0.15, 0.2) is 34.6 Å². The van der Waals surface area contributed by atoms with E-state index >= 15 is 0 Å². The summed E-state index contributed by atoms with van der Waals surface area (Å²) in [7, 11) is 1.61. The number of pyridine rings is 1. The summed E-state index contributed by atoms with van der Waals surface area (Å²) >= 11 is 1.61. The number of ether oxygens (including phenoxy) is 1. The molecule has 0 bridgehead atoms. The highest BCUT2D eigenvalue weighted by atomic mass is 32.1. The van der Waals surface area contributed by atoms with Gasteiger partial charge in [-0.1, -0.05) is 6.07 Å². The normalized spacial score (nSPS) is 13.9. The summed E-state index contributed by atoms with van der Waals surface area (Å²) in [5.74, 6) is -0.210. The van der Waals surface area contributed by atoms with E-state index in [1.54, 1.807) is 27.9 Å². The number of thiophene rings is 1. The molecule has 1 saturated carbocycles. The lowest BCUT2D eigenvalue weighted by atomic mass is 10.1. The lowest BCUT2D eigenvalue weighted by Crippen LogP contribution is -2.38. The minimum Gasteiger partial charge on any atom is -0.383 e. The zero-order chi connectivity index (χ0) is 17.1. The summed E-state index contributed by atoms with van der Waals surface area (Å²) < 4.78 is 6.84. The Bertz CT molecular complexity index is 763. The van der Waals surface area contributed by atoms with Crippen LogP contribution in [0.4, 0.5) is 0 Å². The van der Waals surface area contributed by atoms with Crippen LogP contribution in [0.3, 0.4) is 0 Å². The average molecular weight is 346 g/mol. The van der Waals surface area contributed by atoms with Crippen LogP contribution in [0.1, 0.15) is 39.7 Å². The molecule has 3 rings (SSSR count). The largest absolute Gasteiger partial charge is 0.383 e. The molecule has 2 heterocycles. The Morgan fingerprint density at radius 3 is 2.83 bits per heavy atom. The molecule has 0 atom stereocenters. The molecule has 1 amide bonds. The van der Waals surface area contributed by atoms with Gasteiger partial charge in [0.2, 0.25) is 0 Å². The molecule has 1 fully saturated rings. The van der Waals surface area contributed by atoms with Gasteiger partial charge in [-0.2, -0.15) is 0 Å². The number of carbonyl (C=O) groups is 1. The number of hydrogen-bond acceptors (Lipinski definition) is 4. The van der Waals surface area contributed by atoms with Gasteiger partial charge in [0.05, 0.1) is 13.2 Å². The Hall–Kier alpha value is -1.92. The third-order valence-electron chi connectivity index (χ3n) is 4.26. The fourth-order valence-corrected chi connectivity index (χ4v) is 3.46. The zero-order valence-electron chi connectivity index (χ0n) is 14.0. The Labute approximate surface area is 145 Å². The summed E-state index contributed by atoms with van der Waals surface area (Å²) in [5.41, 5.74) is 0.851. The predicted octanol–water partition coefficient (Wildman–Crippen LogP) is 2.84. The zero-order valence-corrected chi connectivity index (χ0v) is 14.8. The van der Waals surface area contributed by atoms with E-state index in [-0.39, 0.29) is 23.1 Å². The molecule has 1 aliphatic rings. The first-order chi connectivity index (χ1) is 11.6. The van der Waals surface area contributed by atoms with Crippen molar-refractivity contribution in [3.8, 4) is 0 Å². The molecule has 0 spiro atoms. The molecule has 2 aromatic rings. The van der Waals surface area contributed by atoms with E-state index in [4.69, 9.17) is 4.74 Å². The molecular formula is C18H22N2O3S. The van der Waals surface area contributed by atoms with Gasteiger partial charge in [-0.25, -0.2) is 0 Å². The van der Waals surface area contributed by atoms with Crippen molar-refractivity contribution in [2.45, 2.75) is 32.4 Å². The van der Waals surface area contributed by atoms with Crippen LogP contribution in [-0.4, -0.2) is 35.6 Å². The van der Waals surface area contributed by atoms with Crippen LogP contribution < -0.4 is 5.56 Å². The van der Waals surface area contributed by atoms with Crippen molar-refractivity contribution in [1.82, 2.24) is 9.47 Å². The Morgan fingerprint density at radius 2 is 2.21 bits per heavy atom. The van der Waals surface area contributed by atoms with Crippen LogP contribution >= 0.6 is 11.3 Å². The topological polar surface area (TPSA) is 51.5 Å². The Morgan fingerprint density at radius 1 is 1.42 bits per heavy atom. The molecular weight excluding hydrogens is 324 g/mol. The number of carbonyl (C=O) groups excluding carboxylic acids is 1. The first-order valence-corrected chi connectivity index (χ1v) is 9.02. The van der Waals surface area contributed by atoms with E-state index in [0.717, 1.165) is 23.3 Å². The van der Waals surface area contributed by atoms with E-state index < -0.39 is 0 Å². The summed E-state index contributed by atoms with van der Waals surface area (Å²) in [6, 6.07) is 6.09. The second-order valence-electron chi connectivity index (χ2n) is 6.12. The standard InChI is InChI=1S/C18H22N2O3S/c1-13-7-8-20(14-5-6-14)18(22)16(13)17(21)19(9-10-23-2)12-15-4-3-11-24-15/h3-4,7-8,11,14H,5-6,9-10,12H2,1-2H3. The van der Waals surface area contributed by atoms with Crippen LogP contribution in [0.2, 0.25) is 0 Å². The smallest absolute Gasteiger partial charge is 0.263 e. The van der Waals surface area contributed by atoms with Gasteiger partial charge in [0.15, 0.2) is 0 Å². The van der Waals surface area contributed by atoms with Crippen LogP contribution in [0.5, 0.6) is 0 Å². The molecule has 5 nitrogen and oxygen atoms in total. The number of hydrogen-bond donors (Lipinski definition) is 0. The summed E-state index contributed by atoms with van der Waals surface area (Å²) in [6.07, 6.45) is 3.84. The lowest BCUT2D eigenvalue weighted by Gasteiger charge is -2.23. The molecule has 0 saturated heterocycles. The van der Waals surface area contributed by atoms with Crippen molar-refractivity contribution in [2.75, 3.05) is 20.3 Å². The number of nitrogens with zero attached hydrogens (tertiary/aromatic N) is 2. The van der Waals surface area contributed by atoms with Crippen molar-refractivity contribution in [3.63, 3.8) is 0 Å². The van der Waals surface area contributed by atoms with E-state index in [1.165, 1.54) is 0 Å². The Balaban J connectivity index is 1.91. The highest BCUT2D eigenvalue weighted by Gasteiger charge is 2.28. The van der Waals surface area contributed by atoms with Crippen LogP contribution in [0.25, 0.3) is 0 Å². The predicted molar refractivity (Wildman–Crippen MR) is 94.6 cm³/mol. The molecule has 0 N–H and O–H groups in total. The molecule has 6 heteroatoms. The number of aryl methyl sites for hydroxylation is 1. The van der Waals surface area contributed by atoms with Gasteiger partial charge >= 0.3 is 0 Å². The van der Waals surface area contributed by atoms with Crippen molar-refractivity contribution in [1.29, 1.82) is 0 Å². The maximum atomic E-state index is 13.1. The first-order valence-electron chi connectivity index (χ1n) is 8.14. The van der Waals surface area contributed by atoms with E-state index in [1.807, 2.05) is 36.7 Å². The molecule has 24 heavy (non-hydrogen) atoms. The van der Waals surface area contributed by atoms with E-state index in [2.05, 4.69) is 0 Å². The fourth-order valence-electron chi connectivity index (χ4n) is 2.74. The average Bonchev–Trinajstić information content (AvgIpc) is 3.27. The fraction of sp³-hybridized carbons (Fsp3) is 0.444. The van der Waals surface area contributed by atoms with Crippen molar-refractivity contribution in [2.24, 2.45) is 0 Å². The van der Waals surface area contributed by atoms with Gasteiger partial charge in [0.25, 0.3) is 11.5 Å². The lowest BCUT2D eigenvalue weighted by molar-refractivity contribution is 0.0679. The van der Waals surface area contributed by atoms with Gasteiger partial charge in [-0.05, 0) is 42.8 Å². The van der Waals surface area contributed by atoms with Gasteiger partial charge in [-0.15, -0.1) is 11.3 Å². The first kappa shape index (κ1) is 16.9. The molecule has 0 aromatic carbocycles. The van der Waals surface area contributed by atoms with Crippen LogP contribution in [0, 0.1) is 6.92 Å². The van der Waals surface area contributed by atoms with Crippen molar-refractivity contribution >= 4 is 17.2 Å². The monoisotopic (exact) mass is 346 g/mol. The number of amides is 1. The van der Waals surface area contributed by atoms with Gasteiger partial charge in [0, 0.05) is 30.8 Å². The number of methoxy groups -OCH3 is 1. The summed E-state index contributed by atoms with van der Waals surface area (Å²) in [6.45, 7) is 3.23. The molecule has 0 unspecified atom stereocenters. The van der Waals surface area contributed by atoms with Crippen molar-refractivity contribution in [3.05, 3.63) is 56.1 Å².